The minimum absolute atomic E-state index is 0.268. The molecule has 4 rings (SSSR count). The molecule has 3 aromatic rings. The van der Waals surface area contributed by atoms with Gasteiger partial charge in [-0.05, 0) is 31.9 Å². The maximum atomic E-state index is 14.0. The largest absolute Gasteiger partial charge is 0.357 e. The molecule has 2 heterocycles. The zero-order chi connectivity index (χ0) is 17.9. The van der Waals surface area contributed by atoms with Gasteiger partial charge in [-0.15, -0.1) is 10.2 Å². The number of benzene rings is 1. The van der Waals surface area contributed by atoms with Crippen molar-refractivity contribution in [2.45, 2.75) is 61.7 Å². The number of aromatic nitrogens is 4. The minimum atomic E-state index is -0.268. The van der Waals surface area contributed by atoms with Crippen LogP contribution < -0.4 is 5.32 Å². The number of para-hydroxylation sites is 1. The van der Waals surface area contributed by atoms with E-state index in [0.717, 1.165) is 27.4 Å². The fraction of sp³-hybridized carbons (Fsp3) is 0.500. The van der Waals surface area contributed by atoms with Gasteiger partial charge in [0.05, 0.1) is 11.3 Å². The Hall–Kier alpha value is -1.67. The van der Waals surface area contributed by atoms with Crippen LogP contribution >= 0.6 is 23.1 Å². The topological polar surface area (TPSA) is 55.6 Å². The number of imidazole rings is 1. The van der Waals surface area contributed by atoms with E-state index < -0.39 is 0 Å². The lowest BCUT2D eigenvalue weighted by Crippen LogP contribution is -2.21. The van der Waals surface area contributed by atoms with Crippen molar-refractivity contribution in [3.05, 3.63) is 29.8 Å². The molecule has 1 aromatic carbocycles. The Morgan fingerprint density at radius 3 is 2.92 bits per heavy atom. The third kappa shape index (κ3) is 3.71. The van der Waals surface area contributed by atoms with E-state index in [-0.39, 0.29) is 5.82 Å². The van der Waals surface area contributed by atoms with Crippen molar-refractivity contribution >= 4 is 39.3 Å². The number of anilines is 1. The third-order valence-electron chi connectivity index (χ3n) is 4.79. The Morgan fingerprint density at radius 2 is 2.12 bits per heavy atom. The molecule has 138 valence electrons. The Morgan fingerprint density at radius 1 is 1.27 bits per heavy atom. The van der Waals surface area contributed by atoms with Crippen LogP contribution in [0.2, 0.25) is 0 Å². The lowest BCUT2D eigenvalue weighted by molar-refractivity contribution is 0.462. The summed E-state index contributed by atoms with van der Waals surface area (Å²) in [6, 6.07) is 5.64. The molecule has 26 heavy (non-hydrogen) atoms. The SMILES string of the molecule is CCn1c(CSc2nnc(NC3CCCCC3)s2)nc2c(F)cccc21. The Labute approximate surface area is 160 Å². The normalized spacial score (nSPS) is 15.6. The maximum Gasteiger partial charge on any atom is 0.206 e. The van der Waals surface area contributed by atoms with Crippen molar-refractivity contribution < 1.29 is 4.39 Å². The van der Waals surface area contributed by atoms with Crippen LogP contribution in [-0.2, 0) is 12.3 Å². The number of aryl methyl sites for hydroxylation is 1. The van der Waals surface area contributed by atoms with Crippen molar-refractivity contribution in [2.75, 3.05) is 5.32 Å². The summed E-state index contributed by atoms with van der Waals surface area (Å²) in [6.07, 6.45) is 6.36. The van der Waals surface area contributed by atoms with Crippen molar-refractivity contribution in [2.24, 2.45) is 0 Å². The van der Waals surface area contributed by atoms with E-state index in [9.17, 15) is 4.39 Å². The number of hydrogen-bond acceptors (Lipinski definition) is 6. The second-order valence-electron chi connectivity index (χ2n) is 6.52. The predicted octanol–water partition coefficient (Wildman–Crippen LogP) is 5.08. The molecule has 5 nitrogen and oxygen atoms in total. The van der Waals surface area contributed by atoms with Gasteiger partial charge < -0.3 is 9.88 Å². The zero-order valence-corrected chi connectivity index (χ0v) is 16.4. The first-order valence-electron chi connectivity index (χ1n) is 9.11. The highest BCUT2D eigenvalue weighted by molar-refractivity contribution is 8.00. The third-order valence-corrected chi connectivity index (χ3v) is 6.77. The van der Waals surface area contributed by atoms with Gasteiger partial charge in [0.15, 0.2) is 10.2 Å². The molecule has 0 radical (unpaired) electrons. The highest BCUT2D eigenvalue weighted by Crippen LogP contribution is 2.31. The van der Waals surface area contributed by atoms with Crippen LogP contribution in [0.3, 0.4) is 0 Å². The summed E-state index contributed by atoms with van der Waals surface area (Å²) in [5.74, 6) is 1.26. The first kappa shape index (κ1) is 17.7. The number of thioether (sulfide) groups is 1. The van der Waals surface area contributed by atoms with E-state index in [1.807, 2.05) is 6.07 Å². The van der Waals surface area contributed by atoms with Crippen LogP contribution in [0, 0.1) is 5.82 Å². The van der Waals surface area contributed by atoms with Crippen LogP contribution in [0.1, 0.15) is 44.9 Å². The van der Waals surface area contributed by atoms with Crippen molar-refractivity contribution in [1.29, 1.82) is 0 Å². The van der Waals surface area contributed by atoms with E-state index in [1.165, 1.54) is 38.2 Å². The first-order chi connectivity index (χ1) is 12.7. The molecule has 0 unspecified atom stereocenters. The van der Waals surface area contributed by atoms with E-state index in [1.54, 1.807) is 29.2 Å². The molecule has 8 heteroatoms. The molecule has 1 fully saturated rings. The molecule has 0 aliphatic heterocycles. The van der Waals surface area contributed by atoms with Gasteiger partial charge in [-0.1, -0.05) is 48.4 Å². The molecule has 1 N–H and O–H groups in total. The molecule has 2 aromatic heterocycles. The second-order valence-corrected chi connectivity index (χ2v) is 8.72. The summed E-state index contributed by atoms with van der Waals surface area (Å²) in [4.78, 5) is 4.51. The van der Waals surface area contributed by atoms with Gasteiger partial charge in [0.1, 0.15) is 11.3 Å². The van der Waals surface area contributed by atoms with Gasteiger partial charge in [0.2, 0.25) is 5.13 Å². The highest BCUT2D eigenvalue weighted by Gasteiger charge is 2.16. The molecule has 1 aliphatic carbocycles. The maximum absolute atomic E-state index is 14.0. The van der Waals surface area contributed by atoms with Gasteiger partial charge in [-0.3, -0.25) is 0 Å². The molecule has 0 saturated heterocycles. The van der Waals surface area contributed by atoms with Gasteiger partial charge in [-0.2, -0.15) is 0 Å². The second kappa shape index (κ2) is 7.92. The molecular formula is C18H22FN5S2. The number of rotatable bonds is 6. The minimum Gasteiger partial charge on any atom is -0.357 e. The average Bonchev–Trinajstić information content (AvgIpc) is 3.25. The Bertz CT molecular complexity index is 885. The summed E-state index contributed by atoms with van der Waals surface area (Å²) in [6.45, 7) is 2.82. The van der Waals surface area contributed by atoms with Gasteiger partial charge >= 0.3 is 0 Å². The van der Waals surface area contributed by atoms with E-state index in [2.05, 4.69) is 32.0 Å². The lowest BCUT2D eigenvalue weighted by atomic mass is 9.96. The molecular weight excluding hydrogens is 369 g/mol. The standard InChI is InChI=1S/C18H22FN5S2/c1-2-24-14-10-6-9-13(19)16(14)21-15(24)11-25-18-23-22-17(26-18)20-12-7-4-3-5-8-12/h6,9-10,12H,2-5,7-8,11H2,1H3,(H,20,22). The summed E-state index contributed by atoms with van der Waals surface area (Å²) in [7, 11) is 0. The number of nitrogens with zero attached hydrogens (tertiary/aromatic N) is 4. The molecule has 0 atom stereocenters. The van der Waals surface area contributed by atoms with Gasteiger partial charge in [-0.25, -0.2) is 9.37 Å². The van der Waals surface area contributed by atoms with Crippen LogP contribution in [0.4, 0.5) is 9.52 Å². The first-order valence-corrected chi connectivity index (χ1v) is 10.9. The molecule has 1 aliphatic rings. The van der Waals surface area contributed by atoms with E-state index in [4.69, 9.17) is 0 Å². The number of fused-ring (bicyclic) bond motifs is 1. The van der Waals surface area contributed by atoms with Gasteiger partial charge in [0.25, 0.3) is 0 Å². The number of hydrogen-bond donors (Lipinski definition) is 1. The van der Waals surface area contributed by atoms with E-state index >= 15 is 0 Å². The molecule has 0 bridgehead atoms. The summed E-state index contributed by atoms with van der Waals surface area (Å²) >= 11 is 3.19. The smallest absolute Gasteiger partial charge is 0.206 e. The van der Waals surface area contributed by atoms with E-state index in [0.29, 0.717) is 17.3 Å². The Kier molecular flexibility index (Phi) is 5.40. The average molecular weight is 392 g/mol. The van der Waals surface area contributed by atoms with Crippen molar-refractivity contribution in [3.63, 3.8) is 0 Å². The van der Waals surface area contributed by atoms with Crippen LogP contribution in [0.15, 0.2) is 22.5 Å². The van der Waals surface area contributed by atoms with Crippen molar-refractivity contribution in [3.8, 4) is 0 Å². The molecule has 1 saturated carbocycles. The number of halogens is 1. The fourth-order valence-corrected chi connectivity index (χ4v) is 5.27. The summed E-state index contributed by atoms with van der Waals surface area (Å²) in [5, 5.41) is 13.0. The lowest BCUT2D eigenvalue weighted by Gasteiger charge is -2.21. The molecule has 0 spiro atoms. The quantitative estimate of drug-likeness (QED) is 0.594. The Balaban J connectivity index is 1.44. The fourth-order valence-electron chi connectivity index (χ4n) is 3.50. The van der Waals surface area contributed by atoms with Crippen LogP contribution in [0.25, 0.3) is 11.0 Å². The zero-order valence-electron chi connectivity index (χ0n) is 14.7. The molecule has 0 amide bonds. The highest BCUT2D eigenvalue weighted by atomic mass is 32.2. The number of nitrogens with one attached hydrogen (secondary N) is 1. The summed E-state index contributed by atoms with van der Waals surface area (Å²) in [5.41, 5.74) is 1.29. The predicted molar refractivity (Wildman–Crippen MR) is 105 cm³/mol. The summed E-state index contributed by atoms with van der Waals surface area (Å²) < 4.78 is 17.0. The monoisotopic (exact) mass is 391 g/mol. The van der Waals surface area contributed by atoms with Crippen LogP contribution in [0.5, 0.6) is 0 Å². The van der Waals surface area contributed by atoms with Crippen LogP contribution in [-0.4, -0.2) is 25.8 Å². The van der Waals surface area contributed by atoms with Gasteiger partial charge in [0, 0.05) is 12.6 Å². The van der Waals surface area contributed by atoms with Crippen molar-refractivity contribution in [1.82, 2.24) is 19.7 Å².